The van der Waals surface area contributed by atoms with Crippen LogP contribution in [-0.4, -0.2) is 26.0 Å². The van der Waals surface area contributed by atoms with E-state index in [4.69, 9.17) is 5.11 Å². The molecule has 0 bridgehead atoms. The van der Waals surface area contributed by atoms with Crippen LogP contribution >= 0.6 is 0 Å². The van der Waals surface area contributed by atoms with E-state index in [-0.39, 0.29) is 5.82 Å². The highest BCUT2D eigenvalue weighted by Gasteiger charge is 2.21. The van der Waals surface area contributed by atoms with Gasteiger partial charge in [-0.15, -0.1) is 0 Å². The van der Waals surface area contributed by atoms with Crippen LogP contribution in [-0.2, 0) is 0 Å². The first-order valence-electron chi connectivity index (χ1n) is 5.30. The molecule has 98 valence electrons. The van der Waals surface area contributed by atoms with Crippen molar-refractivity contribution in [2.75, 3.05) is 0 Å². The van der Waals surface area contributed by atoms with Crippen LogP contribution < -0.4 is 0 Å². The van der Waals surface area contributed by atoms with Crippen molar-refractivity contribution < 1.29 is 18.7 Å². The molecule has 2 aromatic heterocycles. The molecular weight excluding hydrogens is 256 g/mol. The lowest BCUT2D eigenvalue weighted by molar-refractivity contribution is 0.0681. The molecule has 0 fully saturated rings. The molecule has 0 aliphatic rings. The molecule has 0 spiro atoms. The van der Waals surface area contributed by atoms with E-state index in [2.05, 4.69) is 15.0 Å². The maximum Gasteiger partial charge on any atom is 0.339 e. The van der Waals surface area contributed by atoms with Gasteiger partial charge in [-0.2, -0.15) is 0 Å². The normalized spacial score (nSPS) is 10.7. The second-order valence-corrected chi connectivity index (χ2v) is 3.79. The number of alkyl halides is 2. The number of hydrogen-bond donors (Lipinski definition) is 1. The van der Waals surface area contributed by atoms with Gasteiger partial charge in [0.2, 0.25) is 0 Å². The highest BCUT2D eigenvalue weighted by Crippen LogP contribution is 2.25. The fourth-order valence-corrected chi connectivity index (χ4v) is 1.58. The number of nitrogens with zero attached hydrogens (tertiary/aromatic N) is 3. The summed E-state index contributed by atoms with van der Waals surface area (Å²) in [4.78, 5) is 22.2. The van der Waals surface area contributed by atoms with E-state index >= 15 is 0 Å². The minimum absolute atomic E-state index is 0.0557. The third kappa shape index (κ3) is 2.54. The van der Waals surface area contributed by atoms with Crippen molar-refractivity contribution in [1.82, 2.24) is 15.0 Å². The molecule has 0 unspecified atom stereocenters. The lowest BCUT2D eigenvalue weighted by atomic mass is 10.1. The van der Waals surface area contributed by atoms with Gasteiger partial charge in [0.15, 0.2) is 5.82 Å². The predicted octanol–water partition coefficient (Wildman–Crippen LogP) is 2.48. The topological polar surface area (TPSA) is 76.0 Å². The summed E-state index contributed by atoms with van der Waals surface area (Å²) in [6, 6.07) is 1.58. The van der Waals surface area contributed by atoms with E-state index in [1.165, 1.54) is 6.20 Å². The zero-order chi connectivity index (χ0) is 14.0. The molecule has 19 heavy (non-hydrogen) atoms. The van der Waals surface area contributed by atoms with E-state index in [9.17, 15) is 13.6 Å². The number of aromatic carboxylic acids is 1. The highest BCUT2D eigenvalue weighted by molar-refractivity contribution is 5.88. The minimum atomic E-state index is -2.98. The Kier molecular flexibility index (Phi) is 3.46. The molecule has 2 rings (SSSR count). The molecule has 0 saturated carbocycles. The van der Waals surface area contributed by atoms with E-state index in [0.29, 0.717) is 11.1 Å². The summed E-state index contributed by atoms with van der Waals surface area (Å²) in [7, 11) is 0. The van der Waals surface area contributed by atoms with Crippen LogP contribution in [0.2, 0.25) is 0 Å². The number of halogens is 2. The quantitative estimate of drug-likeness (QED) is 0.922. The number of carbonyl (C=O) groups is 1. The van der Waals surface area contributed by atoms with Gasteiger partial charge in [0, 0.05) is 24.2 Å². The van der Waals surface area contributed by atoms with Gasteiger partial charge < -0.3 is 5.11 Å². The van der Waals surface area contributed by atoms with Crippen molar-refractivity contribution in [1.29, 1.82) is 0 Å². The number of aryl methyl sites for hydroxylation is 1. The molecule has 2 aromatic rings. The maximum absolute atomic E-state index is 12.8. The average Bonchev–Trinajstić information content (AvgIpc) is 2.38. The number of aromatic nitrogens is 3. The molecule has 2 heterocycles. The Morgan fingerprint density at radius 3 is 2.68 bits per heavy atom. The van der Waals surface area contributed by atoms with Gasteiger partial charge in [0.05, 0.1) is 0 Å². The Morgan fingerprint density at radius 1 is 1.37 bits per heavy atom. The Hall–Kier alpha value is -2.44. The van der Waals surface area contributed by atoms with Gasteiger partial charge in [-0.05, 0) is 18.6 Å². The molecule has 0 radical (unpaired) electrons. The first kappa shape index (κ1) is 13.0. The zero-order valence-electron chi connectivity index (χ0n) is 9.84. The van der Waals surface area contributed by atoms with Crippen LogP contribution in [0.1, 0.15) is 28.0 Å². The third-order valence-corrected chi connectivity index (χ3v) is 2.52. The largest absolute Gasteiger partial charge is 0.478 e. The first-order chi connectivity index (χ1) is 9.00. The molecular formula is C12H9F2N3O2. The van der Waals surface area contributed by atoms with Gasteiger partial charge in [-0.1, -0.05) is 0 Å². The standard InChI is InChI=1S/C12H9F2N3O2/c1-6-4-15-3-2-7(6)11-16-5-8(12(18)19)9(17-11)10(13)14/h2-5,10H,1H3,(H,18,19). The number of hydrogen-bond acceptors (Lipinski definition) is 4. The van der Waals surface area contributed by atoms with Gasteiger partial charge in [-0.3, -0.25) is 4.98 Å². The monoisotopic (exact) mass is 265 g/mol. The summed E-state index contributed by atoms with van der Waals surface area (Å²) >= 11 is 0. The van der Waals surface area contributed by atoms with E-state index in [1.807, 2.05) is 0 Å². The van der Waals surface area contributed by atoms with Crippen molar-refractivity contribution >= 4 is 5.97 Å². The SMILES string of the molecule is Cc1cnccc1-c1ncc(C(=O)O)c(C(F)F)n1. The second kappa shape index (κ2) is 5.05. The summed E-state index contributed by atoms with van der Waals surface area (Å²) in [5, 5.41) is 8.81. The maximum atomic E-state index is 12.8. The molecule has 5 nitrogen and oxygen atoms in total. The molecule has 0 amide bonds. The Morgan fingerprint density at radius 2 is 2.11 bits per heavy atom. The smallest absolute Gasteiger partial charge is 0.339 e. The van der Waals surface area contributed by atoms with Crippen molar-refractivity contribution in [3.63, 3.8) is 0 Å². The first-order valence-corrected chi connectivity index (χ1v) is 5.30. The lowest BCUT2D eigenvalue weighted by Crippen LogP contribution is -2.08. The summed E-state index contributed by atoms with van der Waals surface area (Å²) in [5.74, 6) is -1.42. The van der Waals surface area contributed by atoms with E-state index in [0.717, 1.165) is 6.20 Å². The van der Waals surface area contributed by atoms with Gasteiger partial charge in [-0.25, -0.2) is 23.5 Å². The Labute approximate surface area is 107 Å². The minimum Gasteiger partial charge on any atom is -0.478 e. The van der Waals surface area contributed by atoms with Gasteiger partial charge in [0.25, 0.3) is 6.43 Å². The van der Waals surface area contributed by atoms with E-state index < -0.39 is 23.7 Å². The van der Waals surface area contributed by atoms with Crippen LogP contribution in [0.3, 0.4) is 0 Å². The molecule has 7 heteroatoms. The van der Waals surface area contributed by atoms with Gasteiger partial charge in [0.1, 0.15) is 11.3 Å². The molecule has 0 aliphatic heterocycles. The average molecular weight is 265 g/mol. The van der Waals surface area contributed by atoms with Crippen molar-refractivity contribution in [2.24, 2.45) is 0 Å². The second-order valence-electron chi connectivity index (χ2n) is 3.79. The zero-order valence-corrected chi connectivity index (χ0v) is 9.84. The van der Waals surface area contributed by atoms with Crippen LogP contribution in [0.15, 0.2) is 24.7 Å². The highest BCUT2D eigenvalue weighted by atomic mass is 19.3. The third-order valence-electron chi connectivity index (χ3n) is 2.52. The summed E-state index contributed by atoms with van der Waals surface area (Å²) < 4.78 is 25.6. The fraction of sp³-hybridized carbons (Fsp3) is 0.167. The van der Waals surface area contributed by atoms with Crippen molar-refractivity contribution in [3.05, 3.63) is 41.5 Å². The van der Waals surface area contributed by atoms with E-state index in [1.54, 1.807) is 19.2 Å². The summed E-state index contributed by atoms with van der Waals surface area (Å²) in [5.41, 5.74) is -0.126. The predicted molar refractivity (Wildman–Crippen MR) is 61.9 cm³/mol. The fourth-order valence-electron chi connectivity index (χ4n) is 1.58. The summed E-state index contributed by atoms with van der Waals surface area (Å²) in [6.07, 6.45) is 0.950. The van der Waals surface area contributed by atoms with Crippen LogP contribution in [0.25, 0.3) is 11.4 Å². The number of pyridine rings is 1. The molecule has 1 N–H and O–H groups in total. The number of rotatable bonds is 3. The number of carboxylic acids is 1. The summed E-state index contributed by atoms with van der Waals surface area (Å²) in [6.45, 7) is 1.73. The number of carboxylic acid groups (broad SMARTS) is 1. The van der Waals surface area contributed by atoms with Gasteiger partial charge >= 0.3 is 5.97 Å². The van der Waals surface area contributed by atoms with Crippen LogP contribution in [0.4, 0.5) is 8.78 Å². The molecule has 0 aliphatic carbocycles. The lowest BCUT2D eigenvalue weighted by Gasteiger charge is -2.08. The van der Waals surface area contributed by atoms with Crippen molar-refractivity contribution in [3.8, 4) is 11.4 Å². The molecule has 0 atom stereocenters. The van der Waals surface area contributed by atoms with Crippen LogP contribution in [0.5, 0.6) is 0 Å². The van der Waals surface area contributed by atoms with Crippen LogP contribution in [0, 0.1) is 6.92 Å². The Bertz CT molecular complexity index is 632. The Balaban J connectivity index is 2.59. The molecule has 0 saturated heterocycles. The molecule has 0 aromatic carbocycles. The van der Waals surface area contributed by atoms with Crippen molar-refractivity contribution in [2.45, 2.75) is 13.3 Å².